The molecule has 0 bridgehead atoms. The molecule has 1 amide bonds. The molecule has 1 aromatic rings. The van der Waals surface area contributed by atoms with Crippen molar-refractivity contribution in [3.63, 3.8) is 0 Å². The molecule has 0 atom stereocenters. The van der Waals surface area contributed by atoms with Crippen LogP contribution in [0.4, 0.5) is 0 Å². The summed E-state index contributed by atoms with van der Waals surface area (Å²) in [5.74, 6) is 0.709. The first-order chi connectivity index (χ1) is 9.97. The fraction of sp³-hybridized carbons (Fsp3) is 0.562. The summed E-state index contributed by atoms with van der Waals surface area (Å²) in [4.78, 5) is 12.3. The lowest BCUT2D eigenvalue weighted by atomic mass is 9.63. The molecule has 0 spiro atoms. The van der Waals surface area contributed by atoms with Crippen LogP contribution in [0.1, 0.15) is 42.5 Å². The number of hydrogen-bond donors (Lipinski definition) is 2. The molecular formula is C16H20Cl2N2O. The molecule has 0 unspecified atom stereocenters. The number of benzene rings is 1. The number of amides is 1. The molecule has 1 aromatic carbocycles. The lowest BCUT2D eigenvalue weighted by molar-refractivity contribution is 0.0709. The Kier molecular flexibility index (Phi) is 4.17. The molecule has 114 valence electrons. The molecule has 2 saturated carbocycles. The Hall–Kier alpha value is -0.770. The molecule has 21 heavy (non-hydrogen) atoms. The summed E-state index contributed by atoms with van der Waals surface area (Å²) in [5.41, 5.74) is 6.64. The summed E-state index contributed by atoms with van der Waals surface area (Å²) in [6.45, 7) is 0.689. The zero-order chi connectivity index (χ0) is 15.0. The number of nitrogens with one attached hydrogen (secondary N) is 1. The van der Waals surface area contributed by atoms with Gasteiger partial charge < -0.3 is 11.1 Å². The Balaban J connectivity index is 1.61. The minimum atomic E-state index is -0.132. The van der Waals surface area contributed by atoms with Crippen molar-refractivity contribution in [1.82, 2.24) is 5.32 Å². The van der Waals surface area contributed by atoms with E-state index in [1.807, 2.05) is 0 Å². The second-order valence-electron chi connectivity index (χ2n) is 6.62. The average molecular weight is 327 g/mol. The summed E-state index contributed by atoms with van der Waals surface area (Å²) >= 11 is 11.9. The quantitative estimate of drug-likeness (QED) is 0.868. The molecule has 3 nitrogen and oxygen atoms in total. The van der Waals surface area contributed by atoms with Crippen molar-refractivity contribution in [2.75, 3.05) is 6.54 Å². The van der Waals surface area contributed by atoms with E-state index in [-0.39, 0.29) is 11.3 Å². The molecule has 3 rings (SSSR count). The third-order valence-electron chi connectivity index (χ3n) is 4.61. The molecule has 0 saturated heterocycles. The molecule has 0 aliphatic heterocycles. The highest BCUT2D eigenvalue weighted by atomic mass is 35.5. The molecule has 3 N–H and O–H groups in total. The summed E-state index contributed by atoms with van der Waals surface area (Å²) in [6.07, 6.45) is 5.87. The van der Waals surface area contributed by atoms with Crippen molar-refractivity contribution in [3.8, 4) is 0 Å². The highest BCUT2D eigenvalue weighted by molar-refractivity contribution is 6.36. The van der Waals surface area contributed by atoms with Crippen LogP contribution in [0.3, 0.4) is 0 Å². The third-order valence-corrected chi connectivity index (χ3v) is 5.16. The number of rotatable bonds is 5. The Morgan fingerprint density at radius 1 is 1.33 bits per heavy atom. The largest absolute Gasteiger partial charge is 0.351 e. The van der Waals surface area contributed by atoms with Gasteiger partial charge in [0.05, 0.1) is 10.6 Å². The van der Waals surface area contributed by atoms with Gasteiger partial charge in [-0.1, -0.05) is 36.0 Å². The lowest BCUT2D eigenvalue weighted by Gasteiger charge is -2.47. The number of nitrogens with two attached hydrogens (primary N) is 1. The van der Waals surface area contributed by atoms with Crippen molar-refractivity contribution >= 4 is 29.1 Å². The molecule has 2 aliphatic rings. The summed E-state index contributed by atoms with van der Waals surface area (Å²) in [7, 11) is 0. The second kappa shape index (κ2) is 5.79. The van der Waals surface area contributed by atoms with E-state index in [0.717, 1.165) is 18.8 Å². The standard InChI is InChI=1S/C16H20Cl2N2O/c17-11-3-4-13(14(18)5-11)15(21)20-9-16(6-10-1-2-10)7-12(19)8-16/h3-5,10,12H,1-2,6-9,19H2,(H,20,21)/t12-,16-. The number of hydrogen-bond acceptors (Lipinski definition) is 2. The van der Waals surface area contributed by atoms with E-state index < -0.39 is 0 Å². The average Bonchev–Trinajstić information content (AvgIpc) is 3.18. The maximum absolute atomic E-state index is 12.3. The van der Waals surface area contributed by atoms with Crippen LogP contribution in [0.5, 0.6) is 0 Å². The van der Waals surface area contributed by atoms with Gasteiger partial charge >= 0.3 is 0 Å². The summed E-state index contributed by atoms with van der Waals surface area (Å²) < 4.78 is 0. The van der Waals surface area contributed by atoms with E-state index in [0.29, 0.717) is 28.2 Å². The maximum atomic E-state index is 12.3. The molecule has 0 heterocycles. The van der Waals surface area contributed by atoms with E-state index in [9.17, 15) is 4.79 Å². The molecule has 2 fully saturated rings. The van der Waals surface area contributed by atoms with Crippen LogP contribution in [0, 0.1) is 11.3 Å². The van der Waals surface area contributed by atoms with E-state index in [1.165, 1.54) is 19.3 Å². The minimum Gasteiger partial charge on any atom is -0.351 e. The molecule has 0 radical (unpaired) electrons. The van der Waals surface area contributed by atoms with Crippen LogP contribution in [-0.4, -0.2) is 18.5 Å². The Morgan fingerprint density at radius 2 is 2.05 bits per heavy atom. The second-order valence-corrected chi connectivity index (χ2v) is 7.47. The van der Waals surface area contributed by atoms with E-state index in [2.05, 4.69) is 5.32 Å². The highest BCUT2D eigenvalue weighted by Gasteiger charge is 2.45. The zero-order valence-corrected chi connectivity index (χ0v) is 13.4. The first-order valence-corrected chi connectivity index (χ1v) is 8.22. The predicted octanol–water partition coefficient (Wildman–Crippen LogP) is 3.63. The van der Waals surface area contributed by atoms with Crippen LogP contribution < -0.4 is 11.1 Å². The van der Waals surface area contributed by atoms with E-state index in [1.54, 1.807) is 18.2 Å². The first kappa shape index (κ1) is 15.1. The van der Waals surface area contributed by atoms with Crippen molar-refractivity contribution in [3.05, 3.63) is 33.8 Å². The number of carbonyl (C=O) groups excluding carboxylic acids is 1. The lowest BCUT2D eigenvalue weighted by Crippen LogP contribution is -2.52. The molecular weight excluding hydrogens is 307 g/mol. The van der Waals surface area contributed by atoms with Gasteiger partial charge in [-0.15, -0.1) is 0 Å². The number of halogens is 2. The van der Waals surface area contributed by atoms with Gasteiger partial charge in [0.15, 0.2) is 0 Å². The van der Waals surface area contributed by atoms with E-state index in [4.69, 9.17) is 28.9 Å². The van der Waals surface area contributed by atoms with Crippen molar-refractivity contribution in [1.29, 1.82) is 0 Å². The van der Waals surface area contributed by atoms with Gasteiger partial charge in [-0.3, -0.25) is 4.79 Å². The van der Waals surface area contributed by atoms with Crippen LogP contribution in [0.2, 0.25) is 10.0 Å². The van der Waals surface area contributed by atoms with Gasteiger partial charge in [0.1, 0.15) is 0 Å². The SMILES string of the molecule is N[C@H]1C[C@@](CNC(=O)c2ccc(Cl)cc2Cl)(CC2CC2)C1. The predicted molar refractivity (Wildman–Crippen MR) is 85.8 cm³/mol. The van der Waals surface area contributed by atoms with Crippen LogP contribution in [-0.2, 0) is 0 Å². The van der Waals surface area contributed by atoms with Crippen molar-refractivity contribution < 1.29 is 4.79 Å². The van der Waals surface area contributed by atoms with Gasteiger partial charge in [-0.25, -0.2) is 0 Å². The van der Waals surface area contributed by atoms with E-state index >= 15 is 0 Å². The summed E-state index contributed by atoms with van der Waals surface area (Å²) in [5, 5.41) is 3.96. The van der Waals surface area contributed by atoms with Crippen molar-refractivity contribution in [2.45, 2.75) is 38.1 Å². The first-order valence-electron chi connectivity index (χ1n) is 7.46. The Morgan fingerprint density at radius 3 is 2.62 bits per heavy atom. The topological polar surface area (TPSA) is 55.1 Å². The van der Waals surface area contributed by atoms with Crippen molar-refractivity contribution in [2.24, 2.45) is 17.1 Å². The maximum Gasteiger partial charge on any atom is 0.252 e. The fourth-order valence-corrected chi connectivity index (χ4v) is 3.90. The van der Waals surface area contributed by atoms with Gasteiger partial charge in [0.2, 0.25) is 0 Å². The summed E-state index contributed by atoms with van der Waals surface area (Å²) in [6, 6.07) is 5.23. The molecule has 5 heteroatoms. The van der Waals surface area contributed by atoms with Gasteiger partial charge in [-0.2, -0.15) is 0 Å². The number of carbonyl (C=O) groups is 1. The van der Waals surface area contributed by atoms with Gasteiger partial charge in [0.25, 0.3) is 5.91 Å². The molecule has 2 aliphatic carbocycles. The highest BCUT2D eigenvalue weighted by Crippen LogP contribution is 2.50. The van der Waals surface area contributed by atoms with Crippen LogP contribution >= 0.6 is 23.2 Å². The monoisotopic (exact) mass is 326 g/mol. The Bertz CT molecular complexity index is 551. The zero-order valence-electron chi connectivity index (χ0n) is 11.9. The van der Waals surface area contributed by atoms with Crippen LogP contribution in [0.25, 0.3) is 0 Å². The van der Waals surface area contributed by atoms with Crippen LogP contribution in [0.15, 0.2) is 18.2 Å². The smallest absolute Gasteiger partial charge is 0.252 e. The Labute approximate surface area is 135 Å². The van der Waals surface area contributed by atoms with Gasteiger partial charge in [0, 0.05) is 17.6 Å². The fourth-order valence-electron chi connectivity index (χ4n) is 3.41. The third kappa shape index (κ3) is 3.53. The molecule has 0 aromatic heterocycles. The van der Waals surface area contributed by atoms with Gasteiger partial charge in [-0.05, 0) is 48.8 Å². The minimum absolute atomic E-state index is 0.132. The normalized spacial score (nSPS) is 28.0.